The van der Waals surface area contributed by atoms with Crippen LogP contribution in [0.2, 0.25) is 19.6 Å². The monoisotopic (exact) mass is 887 g/mol. The zero-order chi connectivity index (χ0) is 38.3. The Balaban J connectivity index is 0.000000347. The van der Waals surface area contributed by atoms with Crippen LogP contribution in [0.3, 0.4) is 0 Å². The summed E-state index contributed by atoms with van der Waals surface area (Å²) in [6.45, 7) is 28.1. The third-order valence-electron chi connectivity index (χ3n) is 10.9. The normalized spacial score (nSPS) is 13.5. The molecule has 2 heterocycles. The maximum atomic E-state index is 12.2. The Morgan fingerprint density at radius 1 is 0.900 bits per heavy atom. The van der Waals surface area contributed by atoms with Crippen molar-refractivity contribution in [3.63, 3.8) is 0 Å². The van der Waals surface area contributed by atoms with E-state index in [1.165, 1.54) is 32.5 Å². The van der Waals surface area contributed by atoms with Crippen LogP contribution in [0.1, 0.15) is 102 Å². The number of fused-ring (bicyclic) bond motifs is 4. The van der Waals surface area contributed by atoms with Crippen molar-refractivity contribution < 1.29 is 32.7 Å². The molecule has 5 aromatic rings. The Morgan fingerprint density at radius 3 is 2.06 bits per heavy atom. The van der Waals surface area contributed by atoms with Gasteiger partial charge in [-0.1, -0.05) is 128 Å². The molecule has 1 radical (unpaired) electrons. The second-order valence-electron chi connectivity index (χ2n) is 16.2. The molecule has 50 heavy (non-hydrogen) atoms. The first-order valence-electron chi connectivity index (χ1n) is 18.9. The van der Waals surface area contributed by atoms with Crippen molar-refractivity contribution in [3.05, 3.63) is 83.7 Å². The Kier molecular flexibility index (Phi) is 12.3. The van der Waals surface area contributed by atoms with Gasteiger partial charge in [-0.3, -0.25) is 9.78 Å². The van der Waals surface area contributed by atoms with Crippen LogP contribution in [0, 0.1) is 23.8 Å². The molecular weight excluding hydrogens is 827 g/mol. The Bertz CT molecular complexity index is 2120. The van der Waals surface area contributed by atoms with Crippen LogP contribution in [0.5, 0.6) is 0 Å². The van der Waals surface area contributed by atoms with E-state index in [1.807, 2.05) is 47.6 Å². The van der Waals surface area contributed by atoms with Crippen LogP contribution in [0.4, 0.5) is 0 Å². The first-order chi connectivity index (χ1) is 23.7. The van der Waals surface area contributed by atoms with Crippen LogP contribution < -0.4 is 5.19 Å². The number of nitrogens with zero attached hydrogens (tertiary/aromatic N) is 1. The molecule has 0 fully saturated rings. The summed E-state index contributed by atoms with van der Waals surface area (Å²) in [6.07, 6.45) is 4.78. The molecule has 0 saturated heterocycles. The summed E-state index contributed by atoms with van der Waals surface area (Å²) >= 11 is 1.72. The molecule has 271 valence electrons. The number of thiophene rings is 1. The van der Waals surface area contributed by atoms with Crippen molar-refractivity contribution in [2.24, 2.45) is 10.8 Å². The number of aryl methyl sites for hydroxylation is 1. The molecule has 0 bridgehead atoms. The van der Waals surface area contributed by atoms with Gasteiger partial charge in [0.25, 0.3) is 0 Å². The molecule has 0 aliphatic rings. The molecule has 5 rings (SSSR count). The number of aliphatic hydroxyl groups is 1. The van der Waals surface area contributed by atoms with Gasteiger partial charge in [0.2, 0.25) is 0 Å². The van der Waals surface area contributed by atoms with Crippen molar-refractivity contribution >= 4 is 61.3 Å². The zero-order valence-corrected chi connectivity index (χ0v) is 36.7. The molecule has 0 spiro atoms. The van der Waals surface area contributed by atoms with Crippen LogP contribution in [-0.4, -0.2) is 23.9 Å². The number of benzene rings is 3. The largest absolute Gasteiger partial charge is 0.512 e. The minimum atomic E-state index is -1.50. The SMILES string of the molecule is CCC(C)(CC)C(=O)/C=C(\O)C(C)(CC)CC.[2H]c1nc(-c2[c-]c3ccccc3c(C(C)(C)C)c2)c2sc3c(C)c([Si](C)(C)C)ccc3c2c1[2H].[Ir]. The molecule has 0 amide bonds. The minimum Gasteiger partial charge on any atom is -0.512 e. The molecule has 6 heteroatoms. The summed E-state index contributed by atoms with van der Waals surface area (Å²) in [6, 6.07) is 18.8. The van der Waals surface area contributed by atoms with E-state index in [9.17, 15) is 9.90 Å². The van der Waals surface area contributed by atoms with E-state index in [0.29, 0.717) is 0 Å². The predicted octanol–water partition coefficient (Wildman–Crippen LogP) is 12.9. The molecule has 0 saturated carbocycles. The van der Waals surface area contributed by atoms with E-state index in [2.05, 4.69) is 94.8 Å². The number of hydrogen-bond donors (Lipinski definition) is 1. The van der Waals surface area contributed by atoms with E-state index in [0.717, 1.165) is 57.8 Å². The average molecular weight is 887 g/mol. The molecule has 2 aromatic heterocycles. The fourth-order valence-corrected chi connectivity index (χ4v) is 9.62. The molecule has 0 aliphatic heterocycles. The first-order valence-corrected chi connectivity index (χ1v) is 22.2. The van der Waals surface area contributed by atoms with Gasteiger partial charge in [-0.15, -0.1) is 40.5 Å². The van der Waals surface area contributed by atoms with E-state index in [4.69, 9.17) is 2.74 Å². The number of rotatable bonds is 9. The molecule has 1 N–H and O–H groups in total. The summed E-state index contributed by atoms with van der Waals surface area (Å²) in [4.78, 5) is 16.8. The topological polar surface area (TPSA) is 50.2 Å². The van der Waals surface area contributed by atoms with Crippen molar-refractivity contribution in [2.75, 3.05) is 0 Å². The second-order valence-corrected chi connectivity index (χ2v) is 22.2. The summed E-state index contributed by atoms with van der Waals surface area (Å²) in [7, 11) is -1.50. The third kappa shape index (κ3) is 8.36. The predicted molar refractivity (Wildman–Crippen MR) is 218 cm³/mol. The van der Waals surface area contributed by atoms with E-state index < -0.39 is 8.07 Å². The molecule has 0 atom stereocenters. The quantitative estimate of drug-likeness (QED) is 0.0694. The van der Waals surface area contributed by atoms with Gasteiger partial charge in [-0.2, -0.15) is 0 Å². The average Bonchev–Trinajstić information content (AvgIpc) is 3.48. The van der Waals surface area contributed by atoms with Crippen LogP contribution >= 0.6 is 11.3 Å². The van der Waals surface area contributed by atoms with Crippen molar-refractivity contribution in [1.82, 2.24) is 4.98 Å². The molecule has 0 aliphatic carbocycles. The van der Waals surface area contributed by atoms with Gasteiger partial charge in [0.05, 0.1) is 10.8 Å². The Hall–Kier alpha value is -2.63. The van der Waals surface area contributed by atoms with Gasteiger partial charge in [-0.05, 0) is 55.0 Å². The van der Waals surface area contributed by atoms with Crippen LogP contribution in [0.25, 0.3) is 42.2 Å². The Labute approximate surface area is 323 Å². The van der Waals surface area contributed by atoms with E-state index >= 15 is 0 Å². The van der Waals surface area contributed by atoms with E-state index in [-0.39, 0.29) is 60.1 Å². The first kappa shape index (κ1) is 38.6. The zero-order valence-electron chi connectivity index (χ0n) is 34.5. The fraction of sp³-hybridized carbons (Fsp3) is 0.455. The standard InChI is InChI=1S/C29H30NSSi.C15H28O2.Ir/c1-18-25(32(5,6)7)13-12-22-23-14-15-30-26(28(23)31-27(18)22)20-16-19-10-8-9-11-21(19)24(17-20)29(2,3)4;1-7-14(5,8-2)12(16)11-13(17)15(6,9-3)10-4;/h8-15,17H,1-7H3;11,16H,7-10H2,1-6H3;/q-1;;/b;12-11-;/i14D,15D;;. The van der Waals surface area contributed by atoms with Crippen LogP contribution in [0.15, 0.2) is 66.5 Å². The van der Waals surface area contributed by atoms with Crippen molar-refractivity contribution in [1.29, 1.82) is 0 Å². The second kappa shape index (κ2) is 15.9. The summed E-state index contributed by atoms with van der Waals surface area (Å²) in [5, 5.41) is 15.8. The third-order valence-corrected chi connectivity index (χ3v) is 14.4. The molecule has 3 nitrogen and oxygen atoms in total. The number of pyridine rings is 1. The number of aliphatic hydroxyl groups excluding tert-OH is 1. The molecule has 3 aromatic carbocycles. The summed E-state index contributed by atoms with van der Waals surface area (Å²) in [5.74, 6) is 0.286. The number of hydrogen-bond acceptors (Lipinski definition) is 4. The maximum absolute atomic E-state index is 12.2. The smallest absolute Gasteiger partial charge is 0.164 e. The number of carbonyl (C=O) groups excluding carboxylic acids is 1. The number of carbonyl (C=O) groups is 1. The summed E-state index contributed by atoms with van der Waals surface area (Å²) < 4.78 is 19.5. The maximum Gasteiger partial charge on any atom is 0.164 e. The van der Waals surface area contributed by atoms with Gasteiger partial charge in [0.15, 0.2) is 5.78 Å². The minimum absolute atomic E-state index is 0. The van der Waals surface area contributed by atoms with Crippen molar-refractivity contribution in [3.8, 4) is 11.3 Å². The number of aromatic nitrogens is 1. The van der Waals surface area contributed by atoms with Gasteiger partial charge in [0.1, 0.15) is 5.76 Å². The van der Waals surface area contributed by atoms with E-state index in [1.54, 1.807) is 11.3 Å². The molecule has 0 unspecified atom stereocenters. The van der Waals surface area contributed by atoms with Gasteiger partial charge in [0, 0.05) is 63.7 Å². The van der Waals surface area contributed by atoms with Crippen molar-refractivity contribution in [2.45, 2.75) is 120 Å². The summed E-state index contributed by atoms with van der Waals surface area (Å²) in [5.41, 5.74) is 3.57. The molecular formula is C44H58IrNO2SSi-. The van der Waals surface area contributed by atoms with Gasteiger partial charge < -0.3 is 5.11 Å². The van der Waals surface area contributed by atoms with Crippen LogP contribution in [-0.2, 0) is 30.3 Å². The van der Waals surface area contributed by atoms with Gasteiger partial charge in [-0.25, -0.2) is 0 Å². The number of allylic oxidation sites excluding steroid dienone is 2. The fourth-order valence-electron chi connectivity index (χ4n) is 6.43. The van der Waals surface area contributed by atoms with Gasteiger partial charge >= 0.3 is 0 Å². The Morgan fingerprint density at radius 2 is 1.50 bits per heavy atom. The number of ketones is 1.